The van der Waals surface area contributed by atoms with Crippen molar-refractivity contribution in [1.82, 2.24) is 24.9 Å². The molecular weight excluding hydrogens is 406 g/mol. The second kappa shape index (κ2) is 8.82. The maximum absolute atomic E-state index is 12.6. The summed E-state index contributed by atoms with van der Waals surface area (Å²) in [5, 5.41) is 5.99. The van der Waals surface area contributed by atoms with E-state index in [9.17, 15) is 9.59 Å². The molecule has 8 heteroatoms. The molecule has 0 saturated heterocycles. The number of benzene rings is 1. The second-order valence-electron chi connectivity index (χ2n) is 8.22. The summed E-state index contributed by atoms with van der Waals surface area (Å²) in [7, 11) is 0. The lowest BCUT2D eigenvalue weighted by atomic mass is 10.1. The summed E-state index contributed by atoms with van der Waals surface area (Å²) >= 11 is 0. The molecule has 164 valence electrons. The molecule has 0 radical (unpaired) electrons. The predicted molar refractivity (Wildman–Crippen MR) is 120 cm³/mol. The Bertz CT molecular complexity index is 1270. The monoisotopic (exact) mass is 431 g/mol. The van der Waals surface area contributed by atoms with E-state index in [0.717, 1.165) is 30.8 Å². The highest BCUT2D eigenvalue weighted by Crippen LogP contribution is 2.31. The average molecular weight is 431 g/mol. The van der Waals surface area contributed by atoms with E-state index in [-0.39, 0.29) is 18.1 Å². The third-order valence-electron chi connectivity index (χ3n) is 5.74. The van der Waals surface area contributed by atoms with Gasteiger partial charge in [-0.15, -0.1) is 0 Å². The SMILES string of the molecule is O=C(NCCC1CC1)c1ccccc1OCc1cc(=O)n2[nH]c(C3=CC=CCC3)nc2n1. The molecule has 2 N–H and O–H groups in total. The van der Waals surface area contributed by atoms with E-state index in [2.05, 4.69) is 26.5 Å². The number of hydrogen-bond donors (Lipinski definition) is 2. The van der Waals surface area contributed by atoms with Crippen molar-refractivity contribution < 1.29 is 9.53 Å². The van der Waals surface area contributed by atoms with Gasteiger partial charge in [0.25, 0.3) is 17.2 Å². The number of nitrogens with one attached hydrogen (secondary N) is 2. The molecule has 0 aliphatic heterocycles. The largest absolute Gasteiger partial charge is 0.486 e. The van der Waals surface area contributed by atoms with Crippen molar-refractivity contribution in [1.29, 1.82) is 0 Å². The zero-order chi connectivity index (χ0) is 21.9. The van der Waals surface area contributed by atoms with Crippen molar-refractivity contribution in [2.45, 2.75) is 38.7 Å². The highest BCUT2D eigenvalue weighted by Gasteiger charge is 2.21. The van der Waals surface area contributed by atoms with Gasteiger partial charge in [-0.1, -0.05) is 43.2 Å². The van der Waals surface area contributed by atoms with Crippen LogP contribution in [-0.4, -0.2) is 32.0 Å². The van der Waals surface area contributed by atoms with Crippen molar-refractivity contribution in [3.05, 3.63) is 76.0 Å². The molecule has 2 aliphatic rings. The van der Waals surface area contributed by atoms with Crippen LogP contribution in [0, 0.1) is 5.92 Å². The Morgan fingerprint density at radius 3 is 2.94 bits per heavy atom. The van der Waals surface area contributed by atoms with Crippen molar-refractivity contribution in [3.8, 4) is 5.75 Å². The van der Waals surface area contributed by atoms with Gasteiger partial charge in [-0.25, -0.2) is 4.98 Å². The van der Waals surface area contributed by atoms with E-state index in [4.69, 9.17) is 4.74 Å². The van der Waals surface area contributed by atoms with Crippen molar-refractivity contribution in [2.75, 3.05) is 6.54 Å². The van der Waals surface area contributed by atoms with Crippen LogP contribution in [0.25, 0.3) is 11.4 Å². The Hall–Kier alpha value is -3.68. The number of carbonyl (C=O) groups excluding carboxylic acids is 1. The standard InChI is InChI=1S/C24H25N5O3/c30-21-14-18(26-24-27-22(28-29(21)24)17-6-2-1-3-7-17)15-32-20-9-5-4-8-19(20)23(31)25-13-12-16-10-11-16/h1-2,4-6,8-9,14,16H,3,7,10-13,15H2,(H,25,31)(H,26,27,28). The van der Waals surface area contributed by atoms with Gasteiger partial charge in [-0.2, -0.15) is 9.50 Å². The number of nitrogens with zero attached hydrogens (tertiary/aromatic N) is 3. The molecule has 1 amide bonds. The summed E-state index contributed by atoms with van der Waals surface area (Å²) in [6.45, 7) is 0.728. The third kappa shape index (κ3) is 4.49. The number of H-pyrrole nitrogens is 1. The van der Waals surface area contributed by atoms with Gasteiger partial charge in [0.1, 0.15) is 12.4 Å². The molecule has 32 heavy (non-hydrogen) atoms. The molecule has 2 aromatic heterocycles. The molecule has 1 saturated carbocycles. The van der Waals surface area contributed by atoms with Crippen LogP contribution in [0.2, 0.25) is 0 Å². The third-order valence-corrected chi connectivity index (χ3v) is 5.74. The first-order valence-electron chi connectivity index (χ1n) is 11.0. The van der Waals surface area contributed by atoms with Crippen LogP contribution < -0.4 is 15.6 Å². The molecular formula is C24H25N5O3. The number of fused-ring (bicyclic) bond motifs is 1. The Morgan fingerprint density at radius 2 is 2.12 bits per heavy atom. The number of carbonyl (C=O) groups is 1. The second-order valence-corrected chi connectivity index (χ2v) is 8.22. The van der Waals surface area contributed by atoms with Crippen molar-refractivity contribution in [3.63, 3.8) is 0 Å². The molecule has 0 spiro atoms. The quantitative estimate of drug-likeness (QED) is 0.570. The van der Waals surface area contributed by atoms with E-state index < -0.39 is 0 Å². The van der Waals surface area contributed by atoms with E-state index in [0.29, 0.717) is 35.2 Å². The molecule has 0 bridgehead atoms. The average Bonchev–Trinajstić information content (AvgIpc) is 3.54. The number of aromatic nitrogens is 4. The highest BCUT2D eigenvalue weighted by atomic mass is 16.5. The summed E-state index contributed by atoms with van der Waals surface area (Å²) in [6.07, 6.45) is 11.4. The number of para-hydroxylation sites is 1. The first-order chi connectivity index (χ1) is 15.7. The predicted octanol–water partition coefficient (Wildman–Crippen LogP) is 3.26. The maximum atomic E-state index is 12.6. The van der Waals surface area contributed by atoms with Gasteiger partial charge in [0.15, 0.2) is 5.82 Å². The number of rotatable bonds is 8. The minimum absolute atomic E-state index is 0.0612. The van der Waals surface area contributed by atoms with E-state index >= 15 is 0 Å². The zero-order valence-electron chi connectivity index (χ0n) is 17.7. The molecule has 0 atom stereocenters. The van der Waals surface area contributed by atoms with E-state index in [1.165, 1.54) is 23.4 Å². The molecule has 2 aliphatic carbocycles. The lowest BCUT2D eigenvalue weighted by molar-refractivity contribution is 0.0948. The molecule has 3 aromatic rings. The number of amides is 1. The van der Waals surface area contributed by atoms with E-state index in [1.807, 2.05) is 18.2 Å². The summed E-state index contributed by atoms with van der Waals surface area (Å²) < 4.78 is 7.21. The van der Waals surface area contributed by atoms with Gasteiger partial charge in [0.2, 0.25) is 0 Å². The van der Waals surface area contributed by atoms with E-state index in [1.54, 1.807) is 18.2 Å². The van der Waals surface area contributed by atoms with Gasteiger partial charge in [0.05, 0.1) is 11.3 Å². The minimum Gasteiger partial charge on any atom is -0.486 e. The molecule has 5 rings (SSSR count). The van der Waals surface area contributed by atoms with Crippen molar-refractivity contribution >= 4 is 17.3 Å². The highest BCUT2D eigenvalue weighted by molar-refractivity contribution is 5.96. The Balaban J connectivity index is 1.31. The number of hydrogen-bond acceptors (Lipinski definition) is 5. The molecule has 8 nitrogen and oxygen atoms in total. The Labute approximate surface area is 185 Å². The van der Waals surface area contributed by atoms with Crippen LogP contribution in [0.4, 0.5) is 0 Å². The Morgan fingerprint density at radius 1 is 1.25 bits per heavy atom. The number of aromatic amines is 1. The van der Waals surface area contributed by atoms with Gasteiger partial charge in [-0.3, -0.25) is 14.7 Å². The topological polar surface area (TPSA) is 101 Å². The Kier molecular flexibility index (Phi) is 5.58. The van der Waals surface area contributed by atoms with Gasteiger partial charge >= 0.3 is 0 Å². The fraction of sp³-hybridized carbons (Fsp3) is 0.333. The first kappa shape index (κ1) is 20.2. The molecule has 1 aromatic carbocycles. The lowest BCUT2D eigenvalue weighted by Crippen LogP contribution is -2.25. The maximum Gasteiger partial charge on any atom is 0.274 e. The molecule has 0 unspecified atom stereocenters. The summed E-state index contributed by atoms with van der Waals surface area (Å²) in [5.74, 6) is 2.00. The van der Waals surface area contributed by atoms with Crippen LogP contribution in [0.5, 0.6) is 5.75 Å². The van der Waals surface area contributed by atoms with Crippen LogP contribution in [0.15, 0.2) is 53.4 Å². The molecule has 2 heterocycles. The van der Waals surface area contributed by atoms with Gasteiger partial charge < -0.3 is 10.1 Å². The normalized spacial score (nSPS) is 15.6. The van der Waals surface area contributed by atoms with Crippen LogP contribution in [-0.2, 0) is 6.61 Å². The summed E-state index contributed by atoms with van der Waals surface area (Å²) in [5.41, 5.74) is 1.71. The molecule has 1 fully saturated rings. The lowest BCUT2D eigenvalue weighted by Gasteiger charge is -2.11. The first-order valence-corrected chi connectivity index (χ1v) is 11.0. The van der Waals surface area contributed by atoms with Crippen LogP contribution in [0.3, 0.4) is 0 Å². The van der Waals surface area contributed by atoms with Gasteiger partial charge in [-0.05, 0) is 42.9 Å². The fourth-order valence-electron chi connectivity index (χ4n) is 3.77. The van der Waals surface area contributed by atoms with Crippen LogP contribution >= 0.6 is 0 Å². The summed E-state index contributed by atoms with van der Waals surface area (Å²) in [6, 6.07) is 8.52. The smallest absolute Gasteiger partial charge is 0.274 e. The minimum atomic E-state index is -0.259. The number of ether oxygens (including phenoxy) is 1. The number of allylic oxidation sites excluding steroid dienone is 4. The van der Waals surface area contributed by atoms with Crippen molar-refractivity contribution in [2.24, 2.45) is 5.92 Å². The summed E-state index contributed by atoms with van der Waals surface area (Å²) in [4.78, 5) is 34.1. The van der Waals surface area contributed by atoms with Crippen LogP contribution in [0.1, 0.15) is 54.0 Å². The van der Waals surface area contributed by atoms with Gasteiger partial charge in [0, 0.05) is 12.6 Å². The fourth-order valence-corrected chi connectivity index (χ4v) is 3.77. The zero-order valence-corrected chi connectivity index (χ0v) is 17.7.